The van der Waals surface area contributed by atoms with Crippen molar-refractivity contribution in [2.45, 2.75) is 323 Å². The summed E-state index contributed by atoms with van der Waals surface area (Å²) in [5.74, 6) is -0.649. The molecule has 85 heavy (non-hydrogen) atoms. The van der Waals surface area contributed by atoms with Gasteiger partial charge in [-0.2, -0.15) is 0 Å². The SMILES string of the molecule is CCCCCC/C=C\C=C/CCCCCCCC(=O)O[C@H](COC(=O)CCCCCCCCCCCCC(C)C)COP(=O)(O)OC[C@@H](O)COP(=O)(O)OC[C@@H](COC(=O)CCCCCCC)OC(=O)CCCCCCCCCCC(C)CC. The maximum atomic E-state index is 13.0. The molecule has 0 heterocycles. The lowest BCUT2D eigenvalue weighted by Crippen LogP contribution is -2.30. The highest BCUT2D eigenvalue weighted by Gasteiger charge is 2.30. The predicted octanol–water partition coefficient (Wildman–Crippen LogP) is 18.0. The van der Waals surface area contributed by atoms with E-state index in [4.69, 9.17) is 37.0 Å². The Morgan fingerprint density at radius 3 is 1.06 bits per heavy atom. The standard InChI is InChI=1S/C66H124O17P2/c1-7-10-12-14-15-16-17-18-19-20-21-26-32-38-44-50-65(70)83-62(55-77-64(69)49-43-37-31-25-23-22-24-29-35-40-46-58(4)5)57-81-85(74,75)79-53-60(67)52-78-84(72,73)80-56-61(54-76-63(68)48-42-34-13-11-8-2)82-66(71)51-45-39-33-28-27-30-36-41-47-59(6)9-3/h16-19,58-62,67H,7-15,20-57H2,1-6H3,(H,72,73)(H,74,75)/b17-16-,19-18-/t59?,60-,61+,62+/m0/s1. The fraction of sp³-hybridized carbons (Fsp3) is 0.879. The molecule has 0 spiro atoms. The number of ether oxygens (including phenoxy) is 4. The molecule has 500 valence electrons. The Hall–Kier alpha value is -2.46. The van der Waals surface area contributed by atoms with Crippen LogP contribution in [-0.2, 0) is 65.4 Å². The average molecular weight is 1250 g/mol. The van der Waals surface area contributed by atoms with Crippen molar-refractivity contribution in [3.05, 3.63) is 24.3 Å². The molecule has 19 heteroatoms. The first-order valence-corrected chi connectivity index (χ1v) is 36.8. The molecule has 3 N–H and O–H groups in total. The maximum Gasteiger partial charge on any atom is 0.472 e. The number of hydrogen-bond acceptors (Lipinski definition) is 15. The van der Waals surface area contributed by atoms with Gasteiger partial charge in [0.1, 0.15) is 19.3 Å². The first-order chi connectivity index (χ1) is 40.9. The highest BCUT2D eigenvalue weighted by atomic mass is 31.2. The number of aliphatic hydroxyl groups is 1. The van der Waals surface area contributed by atoms with Crippen molar-refractivity contribution in [3.63, 3.8) is 0 Å². The van der Waals surface area contributed by atoms with E-state index in [0.717, 1.165) is 121 Å². The van der Waals surface area contributed by atoms with Crippen molar-refractivity contribution in [3.8, 4) is 0 Å². The summed E-state index contributed by atoms with van der Waals surface area (Å²) in [5.41, 5.74) is 0. The Kier molecular flexibility index (Phi) is 56.3. The van der Waals surface area contributed by atoms with Crippen molar-refractivity contribution >= 4 is 39.5 Å². The number of esters is 4. The largest absolute Gasteiger partial charge is 0.472 e. The molecular weight excluding hydrogens is 1130 g/mol. The first kappa shape index (κ1) is 82.5. The lowest BCUT2D eigenvalue weighted by molar-refractivity contribution is -0.161. The van der Waals surface area contributed by atoms with Crippen molar-refractivity contribution in [2.24, 2.45) is 11.8 Å². The molecule has 0 aromatic carbocycles. The minimum absolute atomic E-state index is 0.0844. The number of rotatable bonds is 63. The molecule has 0 radical (unpaired) electrons. The van der Waals surface area contributed by atoms with Gasteiger partial charge in [0.2, 0.25) is 0 Å². The molecule has 0 aliphatic carbocycles. The van der Waals surface area contributed by atoms with Crippen LogP contribution in [0, 0.1) is 11.8 Å². The Morgan fingerprint density at radius 2 is 0.694 bits per heavy atom. The van der Waals surface area contributed by atoms with Gasteiger partial charge in [-0.1, -0.05) is 252 Å². The summed E-state index contributed by atoms with van der Waals surface area (Å²) in [6.45, 7) is 9.34. The van der Waals surface area contributed by atoms with Crippen LogP contribution in [0.15, 0.2) is 24.3 Å². The van der Waals surface area contributed by atoms with Gasteiger partial charge in [-0.15, -0.1) is 0 Å². The molecular formula is C66H124O17P2. The Labute approximate surface area is 516 Å². The van der Waals surface area contributed by atoms with Crippen LogP contribution < -0.4 is 0 Å². The van der Waals surface area contributed by atoms with Crippen LogP contribution in [-0.4, -0.2) is 96.7 Å². The van der Waals surface area contributed by atoms with Gasteiger partial charge in [0.05, 0.1) is 26.4 Å². The third-order valence-corrected chi connectivity index (χ3v) is 16.8. The highest BCUT2D eigenvalue weighted by Crippen LogP contribution is 2.45. The summed E-state index contributed by atoms with van der Waals surface area (Å²) in [6.07, 6.45) is 44.2. The van der Waals surface area contributed by atoms with Gasteiger partial charge in [0, 0.05) is 25.7 Å². The van der Waals surface area contributed by atoms with E-state index >= 15 is 0 Å². The van der Waals surface area contributed by atoms with Crippen molar-refractivity contribution in [1.82, 2.24) is 0 Å². The monoisotopic (exact) mass is 1250 g/mol. The normalized spacial score (nSPS) is 14.8. The Morgan fingerprint density at radius 1 is 0.388 bits per heavy atom. The summed E-state index contributed by atoms with van der Waals surface area (Å²) in [6, 6.07) is 0. The van der Waals surface area contributed by atoms with E-state index < -0.39 is 97.5 Å². The zero-order chi connectivity index (χ0) is 62.9. The van der Waals surface area contributed by atoms with E-state index in [1.54, 1.807) is 0 Å². The van der Waals surface area contributed by atoms with E-state index in [9.17, 15) is 43.2 Å². The van der Waals surface area contributed by atoms with Crippen LogP contribution in [0.5, 0.6) is 0 Å². The van der Waals surface area contributed by atoms with Crippen LogP contribution >= 0.6 is 15.6 Å². The fourth-order valence-electron chi connectivity index (χ4n) is 9.31. The number of aliphatic hydroxyl groups excluding tert-OH is 1. The van der Waals surface area contributed by atoms with E-state index in [0.29, 0.717) is 25.7 Å². The molecule has 0 rings (SSSR count). The van der Waals surface area contributed by atoms with Gasteiger partial charge in [-0.05, 0) is 63.2 Å². The number of unbranched alkanes of at least 4 members (excludes halogenated alkanes) is 29. The molecule has 17 nitrogen and oxygen atoms in total. The molecule has 0 aromatic heterocycles. The van der Waals surface area contributed by atoms with Gasteiger partial charge in [-0.3, -0.25) is 37.3 Å². The average Bonchev–Trinajstić information content (AvgIpc) is 3.58. The van der Waals surface area contributed by atoms with E-state index in [1.807, 2.05) is 0 Å². The molecule has 0 aromatic rings. The second-order valence-corrected chi connectivity index (χ2v) is 26.8. The second-order valence-electron chi connectivity index (χ2n) is 23.9. The molecule has 3 unspecified atom stereocenters. The third kappa shape index (κ3) is 59.0. The molecule has 0 fully saturated rings. The minimum atomic E-state index is -4.95. The Bertz CT molecular complexity index is 1760. The van der Waals surface area contributed by atoms with E-state index in [-0.39, 0.29) is 25.7 Å². The predicted molar refractivity (Wildman–Crippen MR) is 340 cm³/mol. The number of carbonyl (C=O) groups is 4. The van der Waals surface area contributed by atoms with Crippen molar-refractivity contribution < 1.29 is 80.2 Å². The van der Waals surface area contributed by atoms with Crippen LogP contribution in [0.4, 0.5) is 0 Å². The van der Waals surface area contributed by atoms with Crippen molar-refractivity contribution in [1.29, 1.82) is 0 Å². The van der Waals surface area contributed by atoms with E-state index in [2.05, 4.69) is 65.8 Å². The van der Waals surface area contributed by atoms with Gasteiger partial charge < -0.3 is 33.8 Å². The molecule has 0 bridgehead atoms. The third-order valence-electron chi connectivity index (χ3n) is 14.9. The molecule has 0 aliphatic heterocycles. The van der Waals surface area contributed by atoms with Gasteiger partial charge in [0.15, 0.2) is 12.2 Å². The number of allylic oxidation sites excluding steroid dienone is 4. The first-order valence-electron chi connectivity index (χ1n) is 33.8. The number of carbonyl (C=O) groups excluding carboxylic acids is 4. The number of hydrogen-bond donors (Lipinski definition) is 3. The molecule has 6 atom stereocenters. The number of phosphoric ester groups is 2. The Balaban J connectivity index is 5.23. The molecule has 0 aliphatic rings. The summed E-state index contributed by atoms with van der Waals surface area (Å²) in [4.78, 5) is 72.1. The molecule has 0 saturated carbocycles. The highest BCUT2D eigenvalue weighted by molar-refractivity contribution is 7.47. The quantitative estimate of drug-likeness (QED) is 0.0169. The lowest BCUT2D eigenvalue weighted by Gasteiger charge is -2.21. The molecule has 0 amide bonds. The van der Waals surface area contributed by atoms with Crippen molar-refractivity contribution in [2.75, 3.05) is 39.6 Å². The van der Waals surface area contributed by atoms with E-state index in [1.165, 1.54) is 103 Å². The van der Waals surface area contributed by atoms with Gasteiger partial charge in [-0.25, -0.2) is 9.13 Å². The summed E-state index contributed by atoms with van der Waals surface area (Å²) in [7, 11) is -9.90. The summed E-state index contributed by atoms with van der Waals surface area (Å²) in [5, 5.41) is 10.5. The van der Waals surface area contributed by atoms with Gasteiger partial charge >= 0.3 is 39.5 Å². The minimum Gasteiger partial charge on any atom is -0.462 e. The topological polar surface area (TPSA) is 237 Å². The fourth-order valence-corrected chi connectivity index (χ4v) is 10.9. The second kappa shape index (κ2) is 57.9. The lowest BCUT2D eigenvalue weighted by atomic mass is 9.99. The van der Waals surface area contributed by atoms with Crippen LogP contribution in [0.2, 0.25) is 0 Å². The smallest absolute Gasteiger partial charge is 0.462 e. The number of phosphoric acid groups is 2. The van der Waals surface area contributed by atoms with Crippen LogP contribution in [0.1, 0.15) is 305 Å². The van der Waals surface area contributed by atoms with Gasteiger partial charge in [0.25, 0.3) is 0 Å². The zero-order valence-electron chi connectivity index (χ0n) is 54.4. The zero-order valence-corrected chi connectivity index (χ0v) is 56.2. The van der Waals surface area contributed by atoms with Crippen LogP contribution in [0.25, 0.3) is 0 Å². The van der Waals surface area contributed by atoms with Crippen LogP contribution in [0.3, 0.4) is 0 Å². The summed E-state index contributed by atoms with van der Waals surface area (Å²) >= 11 is 0. The maximum absolute atomic E-state index is 13.0. The summed E-state index contributed by atoms with van der Waals surface area (Å²) < 4.78 is 67.9. The molecule has 0 saturated heterocycles.